The molecule has 3 rings (SSSR count). The first-order chi connectivity index (χ1) is 11.6. The number of carbonyl (C=O) groups excluding carboxylic acids is 1. The number of piperidine rings is 1. The van der Waals surface area contributed by atoms with E-state index in [0.29, 0.717) is 12.5 Å². The highest BCUT2D eigenvalue weighted by Crippen LogP contribution is 2.30. The highest BCUT2D eigenvalue weighted by Gasteiger charge is 2.32. The lowest BCUT2D eigenvalue weighted by molar-refractivity contribution is 0.0663. The number of amides is 2. The third-order valence-corrected chi connectivity index (χ3v) is 6.54. The largest absolute Gasteiger partial charge is 0.393 e. The molecule has 5 heteroatoms. The molecule has 0 spiro atoms. The van der Waals surface area contributed by atoms with Crippen LogP contribution in [0.25, 0.3) is 0 Å². The van der Waals surface area contributed by atoms with Gasteiger partial charge in [0.2, 0.25) is 0 Å². The fraction of sp³-hybridized carbons (Fsp3) is 0.947. The number of aliphatic hydroxyl groups is 1. The Labute approximate surface area is 146 Å². The summed E-state index contributed by atoms with van der Waals surface area (Å²) in [4.78, 5) is 14.9. The molecule has 3 N–H and O–H groups in total. The molecule has 4 unspecified atom stereocenters. The number of nitrogens with one attached hydrogen (secondary N) is 2. The van der Waals surface area contributed by atoms with Gasteiger partial charge in [-0.1, -0.05) is 19.3 Å². The Morgan fingerprint density at radius 1 is 1.12 bits per heavy atom. The van der Waals surface area contributed by atoms with Gasteiger partial charge in [0.1, 0.15) is 0 Å². The van der Waals surface area contributed by atoms with Crippen molar-refractivity contribution >= 4 is 6.03 Å². The van der Waals surface area contributed by atoms with Crippen LogP contribution in [0.2, 0.25) is 0 Å². The molecule has 2 saturated carbocycles. The molecule has 2 aliphatic carbocycles. The first kappa shape index (κ1) is 18.0. The van der Waals surface area contributed by atoms with Crippen molar-refractivity contribution in [2.24, 2.45) is 11.8 Å². The van der Waals surface area contributed by atoms with E-state index < -0.39 is 0 Å². The molecule has 0 bridgehead atoms. The van der Waals surface area contributed by atoms with Crippen molar-refractivity contribution in [1.29, 1.82) is 0 Å². The Bertz CT molecular complexity index is 413. The minimum Gasteiger partial charge on any atom is -0.393 e. The predicted molar refractivity (Wildman–Crippen MR) is 95.9 cm³/mol. The third-order valence-electron chi connectivity index (χ3n) is 6.54. The molecule has 3 fully saturated rings. The van der Waals surface area contributed by atoms with Gasteiger partial charge in [-0.25, -0.2) is 4.79 Å². The van der Waals surface area contributed by atoms with Crippen LogP contribution in [0.15, 0.2) is 0 Å². The van der Waals surface area contributed by atoms with Crippen molar-refractivity contribution in [2.75, 3.05) is 19.6 Å². The number of likely N-dealkylation sites (tertiary alicyclic amines) is 1. The van der Waals surface area contributed by atoms with Gasteiger partial charge in [0, 0.05) is 31.1 Å². The Kier molecular flexibility index (Phi) is 6.39. The zero-order valence-electron chi connectivity index (χ0n) is 15.2. The SMILES string of the molecule is CC(NC(=O)NCC1CCCCC1O)C1CCCN(C2CCC2)C1. The van der Waals surface area contributed by atoms with Crippen LogP contribution in [0.3, 0.4) is 0 Å². The fourth-order valence-corrected chi connectivity index (χ4v) is 4.56. The Morgan fingerprint density at radius 2 is 1.92 bits per heavy atom. The van der Waals surface area contributed by atoms with Crippen LogP contribution in [0, 0.1) is 11.8 Å². The first-order valence-electron chi connectivity index (χ1n) is 10.1. The molecule has 0 radical (unpaired) electrons. The summed E-state index contributed by atoms with van der Waals surface area (Å²) in [6.07, 6.45) is 10.5. The summed E-state index contributed by atoms with van der Waals surface area (Å²) in [6.45, 7) is 5.11. The second-order valence-electron chi connectivity index (χ2n) is 8.24. The van der Waals surface area contributed by atoms with Gasteiger partial charge in [0.05, 0.1) is 6.10 Å². The number of nitrogens with zero attached hydrogens (tertiary/aromatic N) is 1. The highest BCUT2D eigenvalue weighted by molar-refractivity contribution is 5.74. The van der Waals surface area contributed by atoms with Crippen LogP contribution in [0.5, 0.6) is 0 Å². The first-order valence-corrected chi connectivity index (χ1v) is 10.1. The summed E-state index contributed by atoms with van der Waals surface area (Å²) in [5.41, 5.74) is 0. The van der Waals surface area contributed by atoms with Gasteiger partial charge in [-0.2, -0.15) is 0 Å². The maximum absolute atomic E-state index is 12.2. The zero-order valence-corrected chi connectivity index (χ0v) is 15.2. The number of urea groups is 1. The lowest BCUT2D eigenvalue weighted by Gasteiger charge is -2.43. The van der Waals surface area contributed by atoms with Crippen LogP contribution < -0.4 is 10.6 Å². The van der Waals surface area contributed by atoms with Gasteiger partial charge in [0.25, 0.3) is 0 Å². The molecule has 4 atom stereocenters. The zero-order chi connectivity index (χ0) is 16.9. The molecule has 0 aromatic heterocycles. The van der Waals surface area contributed by atoms with Gasteiger partial charge in [-0.15, -0.1) is 0 Å². The summed E-state index contributed by atoms with van der Waals surface area (Å²) in [7, 11) is 0. The van der Waals surface area contributed by atoms with Crippen LogP contribution >= 0.6 is 0 Å². The van der Waals surface area contributed by atoms with E-state index in [0.717, 1.165) is 31.8 Å². The van der Waals surface area contributed by atoms with E-state index in [1.54, 1.807) is 0 Å². The smallest absolute Gasteiger partial charge is 0.315 e. The van der Waals surface area contributed by atoms with E-state index in [4.69, 9.17) is 0 Å². The van der Waals surface area contributed by atoms with E-state index in [1.807, 2.05) is 0 Å². The highest BCUT2D eigenvalue weighted by atomic mass is 16.3. The van der Waals surface area contributed by atoms with E-state index in [1.165, 1.54) is 45.1 Å². The van der Waals surface area contributed by atoms with E-state index in [2.05, 4.69) is 22.5 Å². The predicted octanol–water partition coefficient (Wildman–Crippen LogP) is 2.49. The molecule has 0 aromatic rings. The monoisotopic (exact) mass is 337 g/mol. The van der Waals surface area contributed by atoms with Crippen molar-refractivity contribution in [1.82, 2.24) is 15.5 Å². The maximum Gasteiger partial charge on any atom is 0.315 e. The quantitative estimate of drug-likeness (QED) is 0.722. The van der Waals surface area contributed by atoms with Crippen LogP contribution in [0.1, 0.15) is 64.7 Å². The van der Waals surface area contributed by atoms with Gasteiger partial charge >= 0.3 is 6.03 Å². The van der Waals surface area contributed by atoms with Crippen molar-refractivity contribution in [3.63, 3.8) is 0 Å². The van der Waals surface area contributed by atoms with Gasteiger partial charge in [-0.05, 0) is 57.9 Å². The average molecular weight is 338 g/mol. The molecule has 1 aliphatic heterocycles. The fourth-order valence-electron chi connectivity index (χ4n) is 4.56. The molecule has 1 saturated heterocycles. The average Bonchev–Trinajstić information content (AvgIpc) is 2.53. The van der Waals surface area contributed by atoms with Crippen molar-refractivity contribution in [3.8, 4) is 0 Å². The van der Waals surface area contributed by atoms with Crippen molar-refractivity contribution in [3.05, 3.63) is 0 Å². The number of rotatable bonds is 5. The number of aliphatic hydroxyl groups excluding tert-OH is 1. The number of hydrogen-bond acceptors (Lipinski definition) is 3. The molecule has 2 amide bonds. The van der Waals surface area contributed by atoms with Gasteiger partial charge < -0.3 is 20.6 Å². The summed E-state index contributed by atoms with van der Waals surface area (Å²) in [5.74, 6) is 0.786. The van der Waals surface area contributed by atoms with Crippen molar-refractivity contribution < 1.29 is 9.90 Å². The number of hydrogen-bond donors (Lipinski definition) is 3. The molecule has 5 nitrogen and oxygen atoms in total. The summed E-state index contributed by atoms with van der Waals surface area (Å²) < 4.78 is 0. The van der Waals surface area contributed by atoms with Gasteiger partial charge in [-0.3, -0.25) is 0 Å². The minimum absolute atomic E-state index is 0.0685. The standard InChI is InChI=1S/C19H35N3O2/c1-14(16-7-5-11-22(13-16)17-8-4-9-17)21-19(24)20-12-15-6-2-3-10-18(15)23/h14-18,23H,2-13H2,1H3,(H2,20,21,24). The maximum atomic E-state index is 12.2. The van der Waals surface area contributed by atoms with Crippen LogP contribution in [0.4, 0.5) is 4.79 Å². The topological polar surface area (TPSA) is 64.6 Å². The molecule has 3 aliphatic rings. The molecular weight excluding hydrogens is 302 g/mol. The molecule has 0 aromatic carbocycles. The van der Waals surface area contributed by atoms with Crippen molar-refractivity contribution in [2.45, 2.75) is 82.9 Å². The second-order valence-corrected chi connectivity index (χ2v) is 8.24. The number of carbonyl (C=O) groups is 1. The molecule has 138 valence electrons. The molecule has 1 heterocycles. The summed E-state index contributed by atoms with van der Waals surface area (Å²) >= 11 is 0. The van der Waals surface area contributed by atoms with E-state index in [-0.39, 0.29) is 24.1 Å². The lowest BCUT2D eigenvalue weighted by Crippen LogP contribution is -2.52. The Hall–Kier alpha value is -0.810. The van der Waals surface area contributed by atoms with E-state index >= 15 is 0 Å². The summed E-state index contributed by atoms with van der Waals surface area (Å²) in [5, 5.41) is 16.1. The summed E-state index contributed by atoms with van der Waals surface area (Å²) in [6, 6.07) is 0.951. The Morgan fingerprint density at radius 3 is 2.62 bits per heavy atom. The van der Waals surface area contributed by atoms with Crippen LogP contribution in [-0.2, 0) is 0 Å². The lowest BCUT2D eigenvalue weighted by atomic mass is 9.85. The van der Waals surface area contributed by atoms with Gasteiger partial charge in [0.15, 0.2) is 0 Å². The normalized spacial score (nSPS) is 33.5. The molecule has 24 heavy (non-hydrogen) atoms. The Balaban J connectivity index is 1.38. The van der Waals surface area contributed by atoms with Crippen LogP contribution in [-0.4, -0.2) is 53.9 Å². The van der Waals surface area contributed by atoms with E-state index in [9.17, 15) is 9.90 Å². The minimum atomic E-state index is -0.245. The second kappa shape index (κ2) is 8.52. The third kappa shape index (κ3) is 4.63. The molecular formula is C19H35N3O2.